The molecule has 0 saturated heterocycles. The highest BCUT2D eigenvalue weighted by atomic mass is 16.6. The molecule has 4 saturated carbocycles. The zero-order valence-electron chi connectivity index (χ0n) is 16.4. The molecule has 4 aliphatic rings. The highest BCUT2D eigenvalue weighted by Crippen LogP contribution is 2.53. The maximum absolute atomic E-state index is 12.0. The summed E-state index contributed by atoms with van der Waals surface area (Å²) in [6.07, 6.45) is 7.81. The molecule has 0 aromatic heterocycles. The molecule has 9 unspecified atom stereocenters. The van der Waals surface area contributed by atoms with Gasteiger partial charge in [0, 0.05) is 6.42 Å². The molecule has 0 spiro atoms. The SMILES string of the molecule is CC1C2CCC(C2)C1COC(=O)CCC(O)OCC1C2CCC(C2)C1C. The monoisotopic (exact) mass is 364 g/mol. The van der Waals surface area contributed by atoms with Gasteiger partial charge in [-0.25, -0.2) is 0 Å². The molecule has 0 aromatic rings. The lowest BCUT2D eigenvalue weighted by molar-refractivity contribution is -0.152. The van der Waals surface area contributed by atoms with Gasteiger partial charge in [0.05, 0.1) is 19.6 Å². The predicted molar refractivity (Wildman–Crippen MR) is 99.1 cm³/mol. The van der Waals surface area contributed by atoms with E-state index in [-0.39, 0.29) is 12.4 Å². The molecule has 4 heteroatoms. The summed E-state index contributed by atoms with van der Waals surface area (Å²) < 4.78 is 11.2. The first-order chi connectivity index (χ1) is 12.5. The fourth-order valence-electron chi connectivity index (χ4n) is 6.78. The van der Waals surface area contributed by atoms with Gasteiger partial charge in [-0.3, -0.25) is 4.79 Å². The molecule has 4 nitrogen and oxygen atoms in total. The van der Waals surface area contributed by atoms with Crippen LogP contribution in [-0.4, -0.2) is 30.6 Å². The first-order valence-electron chi connectivity index (χ1n) is 11.0. The predicted octanol–water partition coefficient (Wildman–Crippen LogP) is 4.01. The number of fused-ring (bicyclic) bond motifs is 4. The molecular formula is C22H36O4. The summed E-state index contributed by atoms with van der Waals surface area (Å²) in [6, 6.07) is 0. The quantitative estimate of drug-likeness (QED) is 0.522. The van der Waals surface area contributed by atoms with Crippen LogP contribution in [-0.2, 0) is 14.3 Å². The van der Waals surface area contributed by atoms with E-state index in [0.29, 0.717) is 37.4 Å². The van der Waals surface area contributed by atoms with Crippen molar-refractivity contribution in [3.8, 4) is 0 Å². The van der Waals surface area contributed by atoms with Gasteiger partial charge in [-0.2, -0.15) is 0 Å². The highest BCUT2D eigenvalue weighted by molar-refractivity contribution is 5.69. The van der Waals surface area contributed by atoms with E-state index in [1.807, 2.05) is 0 Å². The Labute approximate surface area is 158 Å². The van der Waals surface area contributed by atoms with Crippen LogP contribution in [0.15, 0.2) is 0 Å². The van der Waals surface area contributed by atoms with Crippen molar-refractivity contribution in [3.05, 3.63) is 0 Å². The fourth-order valence-corrected chi connectivity index (χ4v) is 6.78. The van der Waals surface area contributed by atoms with Crippen LogP contribution in [0.25, 0.3) is 0 Å². The number of carbonyl (C=O) groups excluding carboxylic acids is 1. The molecule has 4 fully saturated rings. The van der Waals surface area contributed by atoms with Crippen LogP contribution in [0.4, 0.5) is 0 Å². The molecule has 4 bridgehead atoms. The number of hydrogen-bond acceptors (Lipinski definition) is 4. The van der Waals surface area contributed by atoms with E-state index in [9.17, 15) is 9.90 Å². The van der Waals surface area contributed by atoms with Gasteiger partial charge in [0.15, 0.2) is 6.29 Å². The molecule has 1 N–H and O–H groups in total. The molecule has 148 valence electrons. The number of carbonyl (C=O) groups is 1. The maximum Gasteiger partial charge on any atom is 0.305 e. The molecule has 0 heterocycles. The van der Waals surface area contributed by atoms with Crippen molar-refractivity contribution >= 4 is 5.97 Å². The minimum Gasteiger partial charge on any atom is -0.465 e. The molecule has 4 rings (SSSR count). The summed E-state index contributed by atoms with van der Waals surface area (Å²) in [5, 5.41) is 10.1. The Morgan fingerprint density at radius 1 is 0.923 bits per heavy atom. The topological polar surface area (TPSA) is 55.8 Å². The average Bonchev–Trinajstić information content (AvgIpc) is 3.38. The van der Waals surface area contributed by atoms with Crippen molar-refractivity contribution in [1.82, 2.24) is 0 Å². The van der Waals surface area contributed by atoms with E-state index >= 15 is 0 Å². The average molecular weight is 365 g/mol. The second kappa shape index (κ2) is 7.79. The Hall–Kier alpha value is -0.610. The Morgan fingerprint density at radius 2 is 1.46 bits per heavy atom. The molecule has 9 atom stereocenters. The molecule has 0 radical (unpaired) electrons. The summed E-state index contributed by atoms with van der Waals surface area (Å²) >= 11 is 0. The van der Waals surface area contributed by atoms with Crippen LogP contribution >= 0.6 is 0 Å². The van der Waals surface area contributed by atoms with Gasteiger partial charge in [0.1, 0.15) is 0 Å². The van der Waals surface area contributed by atoms with Crippen LogP contribution in [0.5, 0.6) is 0 Å². The van der Waals surface area contributed by atoms with Crippen molar-refractivity contribution < 1.29 is 19.4 Å². The lowest BCUT2D eigenvalue weighted by Crippen LogP contribution is -2.28. The Balaban J connectivity index is 1.11. The first kappa shape index (κ1) is 18.7. The third-order valence-electron chi connectivity index (χ3n) is 8.59. The maximum atomic E-state index is 12.0. The van der Waals surface area contributed by atoms with E-state index < -0.39 is 6.29 Å². The fraction of sp³-hybridized carbons (Fsp3) is 0.955. The van der Waals surface area contributed by atoms with E-state index in [1.54, 1.807) is 0 Å². The van der Waals surface area contributed by atoms with Gasteiger partial charge < -0.3 is 14.6 Å². The summed E-state index contributed by atoms with van der Waals surface area (Å²) in [5.74, 6) is 5.65. The summed E-state index contributed by atoms with van der Waals surface area (Å²) in [4.78, 5) is 12.0. The van der Waals surface area contributed by atoms with Crippen LogP contribution in [0.3, 0.4) is 0 Å². The van der Waals surface area contributed by atoms with Crippen LogP contribution in [0.2, 0.25) is 0 Å². The van der Waals surface area contributed by atoms with Crippen molar-refractivity contribution in [2.45, 2.75) is 71.5 Å². The molecule has 26 heavy (non-hydrogen) atoms. The second-order valence-corrected chi connectivity index (χ2v) is 9.72. The van der Waals surface area contributed by atoms with Crippen molar-refractivity contribution in [2.24, 2.45) is 47.3 Å². The third-order valence-corrected chi connectivity index (χ3v) is 8.59. The lowest BCUT2D eigenvalue weighted by atomic mass is 9.81. The normalized spacial score (nSPS) is 44.6. The van der Waals surface area contributed by atoms with Gasteiger partial charge in [-0.1, -0.05) is 13.8 Å². The number of ether oxygens (including phenoxy) is 2. The molecular weight excluding hydrogens is 328 g/mol. The van der Waals surface area contributed by atoms with E-state index in [1.165, 1.54) is 38.5 Å². The number of aliphatic hydroxyl groups is 1. The van der Waals surface area contributed by atoms with Gasteiger partial charge in [0.2, 0.25) is 0 Å². The molecule has 0 aromatic carbocycles. The number of esters is 1. The standard InChI is InChI=1S/C22H36O4/c1-13-15-3-5-17(9-15)19(13)11-25-21(23)7-8-22(24)26-12-20-14(2)16-4-6-18(20)10-16/h13-21,23H,3-12H2,1-2H3. The van der Waals surface area contributed by atoms with Gasteiger partial charge >= 0.3 is 5.97 Å². The van der Waals surface area contributed by atoms with E-state index in [4.69, 9.17) is 9.47 Å². The number of aliphatic hydroxyl groups excluding tert-OH is 1. The molecule has 0 amide bonds. The summed E-state index contributed by atoms with van der Waals surface area (Å²) in [5.41, 5.74) is 0. The first-order valence-corrected chi connectivity index (χ1v) is 11.0. The molecule has 0 aliphatic heterocycles. The number of rotatable bonds is 8. The Morgan fingerprint density at radius 3 is 2.00 bits per heavy atom. The van der Waals surface area contributed by atoms with Gasteiger partial charge in [0.25, 0.3) is 0 Å². The minimum absolute atomic E-state index is 0.184. The largest absolute Gasteiger partial charge is 0.465 e. The Kier molecular flexibility index (Phi) is 5.61. The zero-order valence-corrected chi connectivity index (χ0v) is 16.4. The van der Waals surface area contributed by atoms with Crippen molar-refractivity contribution in [3.63, 3.8) is 0 Å². The van der Waals surface area contributed by atoms with E-state index in [2.05, 4.69) is 13.8 Å². The highest BCUT2D eigenvalue weighted by Gasteiger charge is 2.46. The van der Waals surface area contributed by atoms with Gasteiger partial charge in [-0.05, 0) is 85.9 Å². The minimum atomic E-state index is -0.838. The zero-order chi connectivity index (χ0) is 18.3. The van der Waals surface area contributed by atoms with Gasteiger partial charge in [-0.15, -0.1) is 0 Å². The lowest BCUT2D eigenvalue weighted by Gasteiger charge is -2.29. The van der Waals surface area contributed by atoms with Crippen molar-refractivity contribution in [2.75, 3.05) is 13.2 Å². The van der Waals surface area contributed by atoms with Crippen LogP contribution in [0.1, 0.15) is 65.2 Å². The Bertz CT molecular complexity index is 502. The molecule has 4 aliphatic carbocycles. The van der Waals surface area contributed by atoms with E-state index in [0.717, 1.165) is 29.6 Å². The third kappa shape index (κ3) is 3.69. The summed E-state index contributed by atoms with van der Waals surface area (Å²) in [7, 11) is 0. The van der Waals surface area contributed by atoms with Crippen LogP contribution in [0, 0.1) is 47.3 Å². The second-order valence-electron chi connectivity index (χ2n) is 9.72. The summed E-state index contributed by atoms with van der Waals surface area (Å²) in [6.45, 7) is 5.86. The number of hydrogen-bond donors (Lipinski definition) is 1. The van der Waals surface area contributed by atoms with Crippen LogP contribution < -0.4 is 0 Å². The van der Waals surface area contributed by atoms with Crippen molar-refractivity contribution in [1.29, 1.82) is 0 Å². The smallest absolute Gasteiger partial charge is 0.305 e.